The summed E-state index contributed by atoms with van der Waals surface area (Å²) in [5.41, 5.74) is 4.34. The standard InChI is InChI=1S/C18H16N4O2/c23-18(20-11-12-3-6-19-7-4-12)16-10-15(21-22-16)13-1-2-17-14(9-13)5-8-24-17/h1-4,6-7,9-10H,5,8,11H2,(H,20,23)(H,21,22). The van der Waals surface area contributed by atoms with Crippen LogP contribution in [0.5, 0.6) is 5.75 Å². The van der Waals surface area contributed by atoms with Gasteiger partial charge in [0.15, 0.2) is 0 Å². The fourth-order valence-electron chi connectivity index (χ4n) is 2.71. The van der Waals surface area contributed by atoms with Crippen LogP contribution in [0.4, 0.5) is 0 Å². The van der Waals surface area contributed by atoms with Gasteiger partial charge in [0.1, 0.15) is 11.4 Å². The molecule has 3 heterocycles. The molecule has 4 rings (SSSR count). The molecule has 0 spiro atoms. The van der Waals surface area contributed by atoms with E-state index in [0.717, 1.165) is 35.6 Å². The van der Waals surface area contributed by atoms with Gasteiger partial charge in [0, 0.05) is 30.9 Å². The molecule has 0 atom stereocenters. The third-order valence-electron chi connectivity index (χ3n) is 4.01. The van der Waals surface area contributed by atoms with Crippen LogP contribution in [0.25, 0.3) is 11.3 Å². The van der Waals surface area contributed by atoms with Gasteiger partial charge in [-0.2, -0.15) is 5.10 Å². The number of nitrogens with zero attached hydrogens (tertiary/aromatic N) is 2. The largest absolute Gasteiger partial charge is 0.493 e. The average Bonchev–Trinajstić information content (AvgIpc) is 3.29. The molecular weight excluding hydrogens is 304 g/mol. The lowest BCUT2D eigenvalue weighted by Crippen LogP contribution is -2.23. The molecule has 24 heavy (non-hydrogen) atoms. The van der Waals surface area contributed by atoms with E-state index in [1.165, 1.54) is 5.56 Å². The lowest BCUT2D eigenvalue weighted by Gasteiger charge is -2.03. The predicted octanol–water partition coefficient (Wildman–Crippen LogP) is 2.34. The zero-order valence-corrected chi connectivity index (χ0v) is 13.0. The van der Waals surface area contributed by atoms with E-state index in [1.807, 2.05) is 24.3 Å². The summed E-state index contributed by atoms with van der Waals surface area (Å²) < 4.78 is 5.51. The van der Waals surface area contributed by atoms with Crippen LogP contribution in [0.3, 0.4) is 0 Å². The lowest BCUT2D eigenvalue weighted by molar-refractivity contribution is 0.0946. The molecule has 3 aromatic rings. The number of aromatic nitrogens is 3. The number of aromatic amines is 1. The molecule has 0 aliphatic carbocycles. The number of H-pyrrole nitrogens is 1. The minimum atomic E-state index is -0.185. The van der Waals surface area contributed by atoms with Crippen LogP contribution in [-0.2, 0) is 13.0 Å². The molecule has 0 saturated carbocycles. The third kappa shape index (κ3) is 2.86. The Morgan fingerprint density at radius 2 is 2.08 bits per heavy atom. The average molecular weight is 320 g/mol. The van der Waals surface area contributed by atoms with Crippen LogP contribution in [0.15, 0.2) is 48.8 Å². The Balaban J connectivity index is 1.47. The van der Waals surface area contributed by atoms with E-state index in [0.29, 0.717) is 12.2 Å². The summed E-state index contributed by atoms with van der Waals surface area (Å²) in [6.07, 6.45) is 4.31. The van der Waals surface area contributed by atoms with Crippen molar-refractivity contribution in [3.8, 4) is 17.0 Å². The highest BCUT2D eigenvalue weighted by Crippen LogP contribution is 2.29. The van der Waals surface area contributed by atoms with Crippen LogP contribution in [0.2, 0.25) is 0 Å². The van der Waals surface area contributed by atoms with Crippen molar-refractivity contribution in [2.45, 2.75) is 13.0 Å². The van der Waals surface area contributed by atoms with Crippen molar-refractivity contribution < 1.29 is 9.53 Å². The van der Waals surface area contributed by atoms with Crippen molar-refractivity contribution in [1.82, 2.24) is 20.5 Å². The van der Waals surface area contributed by atoms with Crippen LogP contribution < -0.4 is 10.1 Å². The van der Waals surface area contributed by atoms with Crippen molar-refractivity contribution >= 4 is 5.91 Å². The second-order valence-corrected chi connectivity index (χ2v) is 5.63. The summed E-state index contributed by atoms with van der Waals surface area (Å²) in [5, 5.41) is 9.92. The molecular formula is C18H16N4O2. The van der Waals surface area contributed by atoms with Crippen LogP contribution >= 0.6 is 0 Å². The number of hydrogen-bond donors (Lipinski definition) is 2. The highest BCUT2D eigenvalue weighted by Gasteiger charge is 2.15. The van der Waals surface area contributed by atoms with Gasteiger partial charge in [0.05, 0.1) is 12.3 Å². The zero-order chi connectivity index (χ0) is 16.4. The van der Waals surface area contributed by atoms with Crippen molar-refractivity contribution in [3.05, 3.63) is 65.6 Å². The van der Waals surface area contributed by atoms with Gasteiger partial charge < -0.3 is 10.1 Å². The lowest BCUT2D eigenvalue weighted by atomic mass is 10.1. The Bertz CT molecular complexity index is 874. The molecule has 0 radical (unpaired) electrons. The molecule has 1 aromatic carbocycles. The Labute approximate surface area is 138 Å². The summed E-state index contributed by atoms with van der Waals surface area (Å²) in [4.78, 5) is 16.2. The van der Waals surface area contributed by atoms with Crippen molar-refractivity contribution in [3.63, 3.8) is 0 Å². The maximum absolute atomic E-state index is 12.2. The van der Waals surface area contributed by atoms with E-state index in [1.54, 1.807) is 18.5 Å². The number of pyridine rings is 1. The molecule has 2 N–H and O–H groups in total. The molecule has 0 unspecified atom stereocenters. The Hall–Kier alpha value is -3.15. The van der Waals surface area contributed by atoms with E-state index in [4.69, 9.17) is 4.74 Å². The molecule has 1 aliphatic heterocycles. The fourth-order valence-corrected chi connectivity index (χ4v) is 2.71. The molecule has 1 amide bonds. The molecule has 6 nitrogen and oxygen atoms in total. The minimum Gasteiger partial charge on any atom is -0.493 e. The Morgan fingerprint density at radius 1 is 1.21 bits per heavy atom. The summed E-state index contributed by atoms with van der Waals surface area (Å²) in [5.74, 6) is 0.750. The van der Waals surface area contributed by atoms with Gasteiger partial charge in [-0.15, -0.1) is 0 Å². The SMILES string of the molecule is O=C(NCc1ccncc1)c1cc(-c2ccc3c(c2)CCO3)n[nH]1. The molecule has 6 heteroatoms. The van der Waals surface area contributed by atoms with Crippen LogP contribution in [-0.4, -0.2) is 27.7 Å². The van der Waals surface area contributed by atoms with E-state index in [2.05, 4.69) is 26.6 Å². The first-order valence-corrected chi connectivity index (χ1v) is 7.78. The molecule has 0 bridgehead atoms. The summed E-state index contributed by atoms with van der Waals surface area (Å²) in [6.45, 7) is 1.17. The number of amides is 1. The maximum atomic E-state index is 12.2. The van der Waals surface area contributed by atoms with Gasteiger partial charge in [0.25, 0.3) is 5.91 Å². The smallest absolute Gasteiger partial charge is 0.269 e. The van der Waals surface area contributed by atoms with Gasteiger partial charge >= 0.3 is 0 Å². The van der Waals surface area contributed by atoms with E-state index < -0.39 is 0 Å². The maximum Gasteiger partial charge on any atom is 0.269 e. The number of fused-ring (bicyclic) bond motifs is 1. The number of ether oxygens (including phenoxy) is 1. The summed E-state index contributed by atoms with van der Waals surface area (Å²) in [7, 11) is 0. The Kier molecular flexibility index (Phi) is 3.70. The minimum absolute atomic E-state index is 0.185. The second kappa shape index (κ2) is 6.16. The molecule has 2 aromatic heterocycles. The number of rotatable bonds is 4. The predicted molar refractivity (Wildman–Crippen MR) is 88.6 cm³/mol. The van der Waals surface area contributed by atoms with Crippen molar-refractivity contribution in [1.29, 1.82) is 0 Å². The zero-order valence-electron chi connectivity index (χ0n) is 13.0. The van der Waals surface area contributed by atoms with E-state index >= 15 is 0 Å². The molecule has 0 saturated heterocycles. The fraction of sp³-hybridized carbons (Fsp3) is 0.167. The van der Waals surface area contributed by atoms with E-state index in [-0.39, 0.29) is 5.91 Å². The first-order chi connectivity index (χ1) is 11.8. The van der Waals surface area contributed by atoms with Crippen molar-refractivity contribution in [2.24, 2.45) is 0 Å². The highest BCUT2D eigenvalue weighted by molar-refractivity contribution is 5.93. The number of carbonyl (C=O) groups is 1. The monoisotopic (exact) mass is 320 g/mol. The number of nitrogens with one attached hydrogen (secondary N) is 2. The van der Waals surface area contributed by atoms with Gasteiger partial charge in [-0.25, -0.2) is 0 Å². The van der Waals surface area contributed by atoms with Gasteiger partial charge in [-0.05, 0) is 47.5 Å². The number of benzene rings is 1. The molecule has 1 aliphatic rings. The summed E-state index contributed by atoms with van der Waals surface area (Å²) >= 11 is 0. The first kappa shape index (κ1) is 14.4. The van der Waals surface area contributed by atoms with Gasteiger partial charge in [-0.1, -0.05) is 0 Å². The highest BCUT2D eigenvalue weighted by atomic mass is 16.5. The van der Waals surface area contributed by atoms with Crippen LogP contribution in [0, 0.1) is 0 Å². The van der Waals surface area contributed by atoms with Gasteiger partial charge in [-0.3, -0.25) is 14.9 Å². The third-order valence-corrected chi connectivity index (χ3v) is 4.01. The Morgan fingerprint density at radius 3 is 2.96 bits per heavy atom. The van der Waals surface area contributed by atoms with Gasteiger partial charge in [0.2, 0.25) is 0 Å². The van der Waals surface area contributed by atoms with Crippen molar-refractivity contribution in [2.75, 3.05) is 6.61 Å². The number of hydrogen-bond acceptors (Lipinski definition) is 4. The quantitative estimate of drug-likeness (QED) is 0.773. The number of carbonyl (C=O) groups excluding carboxylic acids is 1. The molecule has 120 valence electrons. The summed E-state index contributed by atoms with van der Waals surface area (Å²) in [6, 6.07) is 11.5. The van der Waals surface area contributed by atoms with Crippen LogP contribution in [0.1, 0.15) is 21.6 Å². The normalized spacial score (nSPS) is 12.5. The first-order valence-electron chi connectivity index (χ1n) is 7.78. The second-order valence-electron chi connectivity index (χ2n) is 5.63. The molecule has 0 fully saturated rings. The topological polar surface area (TPSA) is 79.9 Å². The van der Waals surface area contributed by atoms with E-state index in [9.17, 15) is 4.79 Å².